The van der Waals surface area contributed by atoms with Crippen LogP contribution in [0.1, 0.15) is 37.3 Å². The van der Waals surface area contributed by atoms with E-state index in [1.54, 1.807) is 0 Å². The molecule has 1 aromatic carbocycles. The maximum Gasteiger partial charge on any atom is 0.294 e. The Bertz CT molecular complexity index is 333. The van der Waals surface area contributed by atoms with Crippen LogP contribution < -0.4 is 0 Å². The van der Waals surface area contributed by atoms with Crippen molar-refractivity contribution < 1.29 is 9.92 Å². The fraction of sp³-hybridized carbons (Fsp3) is 0.500. The van der Waals surface area contributed by atoms with Crippen molar-refractivity contribution in [2.24, 2.45) is 0 Å². The van der Waals surface area contributed by atoms with Crippen molar-refractivity contribution >= 4 is 0 Å². The summed E-state index contributed by atoms with van der Waals surface area (Å²) in [6, 6.07) is 8.35. The Morgan fingerprint density at radius 2 is 1.94 bits per heavy atom. The molecule has 0 amide bonds. The topological polar surface area (TPSA) is 52.4 Å². The van der Waals surface area contributed by atoms with Crippen molar-refractivity contribution in [3.63, 3.8) is 0 Å². The Morgan fingerprint density at radius 1 is 1.31 bits per heavy atom. The van der Waals surface area contributed by atoms with E-state index in [1.165, 1.54) is 11.1 Å². The van der Waals surface area contributed by atoms with E-state index in [2.05, 4.69) is 43.0 Å². The molecule has 1 aromatic rings. The second-order valence-corrected chi connectivity index (χ2v) is 4.06. The lowest BCUT2D eigenvalue weighted by Gasteiger charge is -2.06. The maximum absolute atomic E-state index is 9.91. The van der Waals surface area contributed by atoms with Gasteiger partial charge in [-0.1, -0.05) is 38.1 Å². The minimum Gasteiger partial charge on any atom is -0.314 e. The first-order valence-electron chi connectivity index (χ1n) is 5.45. The van der Waals surface area contributed by atoms with Crippen LogP contribution >= 0.6 is 0 Å². The summed E-state index contributed by atoms with van der Waals surface area (Å²) in [6.07, 6.45) is 1.48. The van der Waals surface area contributed by atoms with Crippen molar-refractivity contribution in [3.05, 3.63) is 45.5 Å². The van der Waals surface area contributed by atoms with Crippen LogP contribution in [0.2, 0.25) is 0 Å². The van der Waals surface area contributed by atoms with E-state index in [9.17, 15) is 10.1 Å². The van der Waals surface area contributed by atoms with Gasteiger partial charge in [0.15, 0.2) is 0 Å². The third kappa shape index (κ3) is 4.29. The SMILES string of the molecule is CC(C)c1ccc(CCCO[N+](=O)[O-])cc1. The lowest BCUT2D eigenvalue weighted by Crippen LogP contribution is -2.03. The summed E-state index contributed by atoms with van der Waals surface area (Å²) in [5, 5.41) is 9.17. The molecule has 88 valence electrons. The highest BCUT2D eigenvalue weighted by molar-refractivity contribution is 5.24. The molecule has 0 heterocycles. The van der Waals surface area contributed by atoms with Gasteiger partial charge >= 0.3 is 0 Å². The molecule has 0 aromatic heterocycles. The highest BCUT2D eigenvalue weighted by Crippen LogP contribution is 2.15. The van der Waals surface area contributed by atoms with E-state index in [0.717, 1.165) is 6.42 Å². The summed E-state index contributed by atoms with van der Waals surface area (Å²) in [5.74, 6) is 0.534. The maximum atomic E-state index is 9.91. The van der Waals surface area contributed by atoms with E-state index in [-0.39, 0.29) is 6.61 Å². The largest absolute Gasteiger partial charge is 0.314 e. The first kappa shape index (κ1) is 12.5. The molecule has 0 aliphatic rings. The van der Waals surface area contributed by atoms with Gasteiger partial charge in [-0.05, 0) is 29.9 Å². The molecule has 0 atom stereocenters. The van der Waals surface area contributed by atoms with E-state index in [1.807, 2.05) is 0 Å². The van der Waals surface area contributed by atoms with Gasteiger partial charge in [0.05, 0.1) is 6.61 Å². The molecular weight excluding hydrogens is 206 g/mol. The number of benzene rings is 1. The fourth-order valence-corrected chi connectivity index (χ4v) is 1.48. The van der Waals surface area contributed by atoms with Crippen LogP contribution in [0, 0.1) is 10.1 Å². The zero-order valence-electron chi connectivity index (χ0n) is 9.68. The van der Waals surface area contributed by atoms with Gasteiger partial charge in [0.1, 0.15) is 0 Å². The van der Waals surface area contributed by atoms with Crippen LogP contribution in [0.25, 0.3) is 0 Å². The molecule has 4 nitrogen and oxygen atoms in total. The van der Waals surface area contributed by atoms with Gasteiger partial charge in [0, 0.05) is 0 Å². The molecule has 0 saturated heterocycles. The van der Waals surface area contributed by atoms with Crippen molar-refractivity contribution in [3.8, 4) is 0 Å². The van der Waals surface area contributed by atoms with Crippen LogP contribution in [-0.4, -0.2) is 11.7 Å². The molecule has 0 saturated carbocycles. The van der Waals surface area contributed by atoms with Gasteiger partial charge in [-0.3, -0.25) is 0 Å². The molecule has 0 fully saturated rings. The zero-order chi connectivity index (χ0) is 12.0. The summed E-state index contributed by atoms with van der Waals surface area (Å²) in [5.41, 5.74) is 2.50. The summed E-state index contributed by atoms with van der Waals surface area (Å²) in [7, 11) is 0. The molecule has 1 rings (SSSR count). The Kier molecular flexibility index (Phi) is 4.76. The Morgan fingerprint density at radius 3 is 2.44 bits per heavy atom. The predicted octanol–water partition coefficient (Wildman–Crippen LogP) is 2.95. The normalized spacial score (nSPS) is 10.4. The smallest absolute Gasteiger partial charge is 0.294 e. The highest BCUT2D eigenvalue weighted by atomic mass is 16.9. The van der Waals surface area contributed by atoms with Crippen LogP contribution in [0.4, 0.5) is 0 Å². The minimum absolute atomic E-state index is 0.166. The average molecular weight is 223 g/mol. The molecule has 4 heteroatoms. The standard InChI is InChI=1S/C12H17NO3/c1-10(2)12-7-5-11(6-8-12)4-3-9-16-13(14)15/h5-8,10H,3-4,9H2,1-2H3. The molecule has 16 heavy (non-hydrogen) atoms. The molecule has 0 unspecified atom stereocenters. The Balaban J connectivity index is 2.35. The van der Waals surface area contributed by atoms with Crippen molar-refractivity contribution in [1.82, 2.24) is 0 Å². The Labute approximate surface area is 95.3 Å². The van der Waals surface area contributed by atoms with Gasteiger partial charge < -0.3 is 4.84 Å². The Hall–Kier alpha value is -1.58. The number of rotatable bonds is 6. The van der Waals surface area contributed by atoms with Crippen LogP contribution in [0.3, 0.4) is 0 Å². The van der Waals surface area contributed by atoms with Gasteiger partial charge in [0.2, 0.25) is 0 Å². The molecular formula is C12H17NO3. The van der Waals surface area contributed by atoms with E-state index < -0.39 is 5.09 Å². The quantitative estimate of drug-likeness (QED) is 0.423. The first-order valence-corrected chi connectivity index (χ1v) is 5.45. The summed E-state index contributed by atoms with van der Waals surface area (Å²) < 4.78 is 0. The highest BCUT2D eigenvalue weighted by Gasteiger charge is 2.00. The zero-order valence-corrected chi connectivity index (χ0v) is 9.68. The fourth-order valence-electron chi connectivity index (χ4n) is 1.48. The van der Waals surface area contributed by atoms with Crippen LogP contribution in [0.5, 0.6) is 0 Å². The van der Waals surface area contributed by atoms with Gasteiger partial charge in [-0.25, -0.2) is 0 Å². The molecule has 0 N–H and O–H groups in total. The van der Waals surface area contributed by atoms with Gasteiger partial charge in [-0.15, -0.1) is 10.1 Å². The molecule has 0 aliphatic heterocycles. The number of aryl methyl sites for hydroxylation is 1. The minimum atomic E-state index is -0.748. The third-order valence-electron chi connectivity index (χ3n) is 2.45. The second kappa shape index (κ2) is 6.10. The summed E-state index contributed by atoms with van der Waals surface area (Å²) in [4.78, 5) is 14.2. The van der Waals surface area contributed by atoms with Crippen molar-refractivity contribution in [1.29, 1.82) is 0 Å². The van der Waals surface area contributed by atoms with Crippen molar-refractivity contribution in [2.75, 3.05) is 6.61 Å². The van der Waals surface area contributed by atoms with Crippen LogP contribution in [0.15, 0.2) is 24.3 Å². The lowest BCUT2D eigenvalue weighted by atomic mass is 10.0. The van der Waals surface area contributed by atoms with E-state index in [4.69, 9.17) is 0 Å². The molecule has 0 aliphatic carbocycles. The summed E-state index contributed by atoms with van der Waals surface area (Å²) >= 11 is 0. The van der Waals surface area contributed by atoms with E-state index >= 15 is 0 Å². The number of hydrogen-bond donors (Lipinski definition) is 0. The van der Waals surface area contributed by atoms with Gasteiger partial charge in [0.25, 0.3) is 5.09 Å². The average Bonchev–Trinajstić information content (AvgIpc) is 2.25. The monoisotopic (exact) mass is 223 g/mol. The first-order chi connectivity index (χ1) is 7.59. The molecule has 0 spiro atoms. The lowest BCUT2D eigenvalue weighted by molar-refractivity contribution is -0.757. The second-order valence-electron chi connectivity index (χ2n) is 4.06. The molecule has 0 radical (unpaired) electrons. The molecule has 0 bridgehead atoms. The predicted molar refractivity (Wildman–Crippen MR) is 61.8 cm³/mol. The van der Waals surface area contributed by atoms with Crippen molar-refractivity contribution in [2.45, 2.75) is 32.6 Å². The van der Waals surface area contributed by atoms with E-state index in [0.29, 0.717) is 12.3 Å². The third-order valence-corrected chi connectivity index (χ3v) is 2.45. The number of hydrogen-bond acceptors (Lipinski definition) is 3. The van der Waals surface area contributed by atoms with Crippen LogP contribution in [-0.2, 0) is 11.3 Å². The number of nitrogens with zero attached hydrogens (tertiary/aromatic N) is 1. The summed E-state index contributed by atoms with van der Waals surface area (Å²) in [6.45, 7) is 4.47. The van der Waals surface area contributed by atoms with Gasteiger partial charge in [-0.2, -0.15) is 0 Å².